The van der Waals surface area contributed by atoms with E-state index in [4.69, 9.17) is 40.1 Å². The van der Waals surface area contributed by atoms with Crippen molar-refractivity contribution in [3.8, 4) is 22.3 Å². The Kier molecular flexibility index (Phi) is 6.41. The van der Waals surface area contributed by atoms with Crippen LogP contribution in [0.1, 0.15) is 74.5 Å². The van der Waals surface area contributed by atoms with Gasteiger partial charge in [-0.3, -0.25) is 0 Å². The Morgan fingerprint density at radius 2 is 0.825 bits per heavy atom. The molecule has 0 aliphatic carbocycles. The van der Waals surface area contributed by atoms with E-state index in [0.29, 0.717) is 22.3 Å². The third kappa shape index (κ3) is 8.34. The van der Waals surface area contributed by atoms with Crippen LogP contribution < -0.4 is 0 Å². The average Bonchev–Trinajstić information content (AvgIpc) is 0.708. The molecule has 0 aliphatic heterocycles. The summed E-state index contributed by atoms with van der Waals surface area (Å²) in [7, 11) is 0. The third-order valence-electron chi connectivity index (χ3n) is 14.6. The first-order valence-electron chi connectivity index (χ1n) is 40.5. The summed E-state index contributed by atoms with van der Waals surface area (Å²) in [6, 6.07) is 16.5. The lowest BCUT2D eigenvalue weighted by atomic mass is 9.85. The highest BCUT2D eigenvalue weighted by Crippen LogP contribution is 2.44. The predicted molar refractivity (Wildman–Crippen MR) is 341 cm³/mol. The van der Waals surface area contributed by atoms with Gasteiger partial charge in [-0.2, -0.15) is 0 Å². The van der Waals surface area contributed by atoms with Crippen molar-refractivity contribution in [3.63, 3.8) is 0 Å². The van der Waals surface area contributed by atoms with Crippen LogP contribution in [0, 0.1) is 0 Å². The van der Waals surface area contributed by atoms with Crippen LogP contribution in [0.4, 0.5) is 0 Å². The van der Waals surface area contributed by atoms with Gasteiger partial charge in [0.1, 0.15) is 11.2 Å². The topological polar surface area (TPSA) is 13.1 Å². The minimum atomic E-state index is -0.789. The largest absolute Gasteiger partial charge is 0.455 e. The van der Waals surface area contributed by atoms with E-state index in [-0.39, 0.29) is 101 Å². The molecular formula is C79H54O. The molecule has 376 valence electrons. The summed E-state index contributed by atoms with van der Waals surface area (Å²) < 4.78 is 270. The van der Waals surface area contributed by atoms with Gasteiger partial charge >= 0.3 is 0 Å². The number of hydrogen-bond donors (Lipinski definition) is 0. The smallest absolute Gasteiger partial charge is 0.143 e. The van der Waals surface area contributed by atoms with Crippen LogP contribution >= 0.6 is 0 Å². The van der Waals surface area contributed by atoms with E-state index in [1.807, 2.05) is 109 Å². The third-order valence-corrected chi connectivity index (χ3v) is 14.6. The minimum absolute atomic E-state index is 0.111. The molecule has 0 N–H and O–H groups in total. The Morgan fingerprint density at radius 3 is 1.52 bits per heavy atom. The van der Waals surface area contributed by atoms with Gasteiger partial charge in [-0.15, -0.1) is 0 Å². The number of furan rings is 1. The number of hydrogen-bond acceptors (Lipinski definition) is 1. The van der Waals surface area contributed by atoms with Crippen molar-refractivity contribution in [2.75, 3.05) is 0 Å². The molecule has 0 atom stereocenters. The molecule has 1 nitrogen and oxygen atoms in total. The highest BCUT2D eigenvalue weighted by atomic mass is 16.3. The highest BCUT2D eigenvalue weighted by Gasteiger charge is 2.20. The van der Waals surface area contributed by atoms with E-state index in [1.54, 1.807) is 0 Å². The zero-order valence-corrected chi connectivity index (χ0v) is 41.9. The summed E-state index contributed by atoms with van der Waals surface area (Å²) >= 11 is 0. The van der Waals surface area contributed by atoms with Crippen LogP contribution in [-0.4, -0.2) is 0 Å². The Morgan fingerprint density at radius 1 is 0.300 bits per heavy atom. The lowest BCUT2D eigenvalue weighted by molar-refractivity contribution is 0.672. The molecule has 0 radical (unpaired) electrons. The summed E-state index contributed by atoms with van der Waals surface area (Å²) in [5.74, 6) is 0. The molecule has 0 saturated heterocycles. The molecule has 1 heterocycles. The van der Waals surface area contributed by atoms with Crippen LogP contribution in [0.25, 0.3) is 120 Å². The maximum Gasteiger partial charge on any atom is 0.143 e. The van der Waals surface area contributed by atoms with Crippen molar-refractivity contribution in [3.05, 3.63) is 324 Å². The van der Waals surface area contributed by atoms with Crippen LogP contribution in [0.5, 0.6) is 0 Å². The molecular weight excluding hydrogens is 965 g/mol. The van der Waals surface area contributed by atoms with Crippen molar-refractivity contribution in [2.24, 2.45) is 0 Å². The Labute approximate surface area is 507 Å². The van der Waals surface area contributed by atoms with E-state index in [2.05, 4.69) is 0 Å². The zero-order chi connectivity index (χ0) is 79.0. The highest BCUT2D eigenvalue weighted by molar-refractivity contribution is 6.18. The fourth-order valence-corrected chi connectivity index (χ4v) is 11.0. The van der Waals surface area contributed by atoms with E-state index in [1.165, 1.54) is 0 Å². The molecule has 1 heteroatoms. The summed E-state index contributed by atoms with van der Waals surface area (Å²) in [5.41, 5.74) is 4.11. The Bertz CT molecular complexity index is 6700. The van der Waals surface area contributed by atoms with Gasteiger partial charge in [0.2, 0.25) is 0 Å². The number of fused-ring (bicyclic) bond motifs is 11. The summed E-state index contributed by atoms with van der Waals surface area (Å²) in [6.07, 6.45) is -1.32. The molecule has 80 heavy (non-hydrogen) atoms. The van der Waals surface area contributed by atoms with Crippen LogP contribution in [0.15, 0.2) is 295 Å². The molecule has 16 rings (SSSR count). The van der Waals surface area contributed by atoms with Crippen LogP contribution in [-0.2, 0) is 19.3 Å². The lowest BCUT2D eigenvalue weighted by Crippen LogP contribution is -1.99. The van der Waals surface area contributed by atoms with Gasteiger partial charge in [0.25, 0.3) is 0 Å². The van der Waals surface area contributed by atoms with E-state index in [0.717, 1.165) is 43.8 Å². The van der Waals surface area contributed by atoms with Gasteiger partial charge in [-0.1, -0.05) is 272 Å². The van der Waals surface area contributed by atoms with Crippen molar-refractivity contribution in [2.45, 2.75) is 19.3 Å². The van der Waals surface area contributed by atoms with Gasteiger partial charge in [0.15, 0.2) is 0 Å². The van der Waals surface area contributed by atoms with Crippen LogP contribution in [0.3, 0.4) is 0 Å². The summed E-state index contributed by atoms with van der Waals surface area (Å²) in [5, 5.41) is 1.53. The first-order chi connectivity index (χ1) is 52.2. The molecule has 1 aromatic heterocycles. The van der Waals surface area contributed by atoms with E-state index >= 15 is 0 Å². The SMILES string of the molecule is [2H]c1c([2H])c([2H])c2c(-c3cccc(-c4ccccc4)c3)c3c([2H])c([2H])c([2H])c([2H])c3c(Cc3cccc4oc5c6ccccc6ccc5c34)c2c1[2H].[2H]c1c([2H])c([2H])c2c([2H])c(Cc3c4c([2H])c([2H])c([2H])c([2H])c4c(Cc4c([2H])c([2H])c([2H])c5c([2H])c([2H])c([2H])c([2H])c45)c4c([2H])c([2H])c([2H])c([2H])c34)c([2H])c([2H])c2c1[2H]. The summed E-state index contributed by atoms with van der Waals surface area (Å²) in [6.45, 7) is 0. The van der Waals surface area contributed by atoms with Gasteiger partial charge in [0, 0.05) is 16.2 Å². The van der Waals surface area contributed by atoms with Crippen LogP contribution in [0.2, 0.25) is 0 Å². The quantitative estimate of drug-likeness (QED) is 0.138. The first kappa shape index (κ1) is 25.6. The monoisotopic (exact) mass is 1050 g/mol. The maximum absolute atomic E-state index is 9.32. The molecule has 16 aromatic rings. The van der Waals surface area contributed by atoms with Gasteiger partial charge in [-0.25, -0.2) is 0 Å². The molecule has 0 aliphatic rings. The van der Waals surface area contributed by atoms with E-state index in [9.17, 15) is 5.48 Å². The van der Waals surface area contributed by atoms with Gasteiger partial charge in [-0.05, 0) is 163 Å². The second-order valence-electron chi connectivity index (χ2n) is 19.1. The minimum Gasteiger partial charge on any atom is -0.455 e. The Hall–Kier alpha value is -10.1. The molecule has 0 amide bonds. The molecule has 0 bridgehead atoms. The molecule has 0 unspecified atom stereocenters. The first-order valence-corrected chi connectivity index (χ1v) is 25.5. The molecule has 0 spiro atoms. The van der Waals surface area contributed by atoms with E-state index < -0.39 is 186 Å². The number of benzene rings is 15. The van der Waals surface area contributed by atoms with Gasteiger partial charge < -0.3 is 4.42 Å². The normalized spacial score (nSPS) is 16.9. The molecule has 0 fully saturated rings. The second-order valence-corrected chi connectivity index (χ2v) is 19.1. The van der Waals surface area contributed by atoms with Crippen molar-refractivity contribution in [1.29, 1.82) is 0 Å². The fourth-order valence-electron chi connectivity index (χ4n) is 11.0. The lowest BCUT2D eigenvalue weighted by Gasteiger charge is -2.18. The van der Waals surface area contributed by atoms with Gasteiger partial charge in [0.05, 0.1) is 41.1 Å². The number of rotatable bonds is 8. The Balaban J connectivity index is 0.000000176. The fraction of sp³-hybridized carbons (Fsp3) is 0.0380. The molecule has 15 aromatic carbocycles. The molecule has 0 saturated carbocycles. The standard InChI is InChI=1S/C43H28O.C36H26/c1-2-12-28(13-3-1)30-15-10-16-31(26-30)41-36-21-8-6-19-34(36)39(35-20-7-9-22-37(35)41)27-32-17-11-23-40-42(32)38-25-24-29-14-4-5-18-33(29)43(38)44-40;1-2-12-28-22-25(20-21-26(28)10-1)23-35-31-16-5-7-18-33(31)36(34-19-8-6-17-32(34)35)24-29-14-9-13-27-11-3-4-15-30(27)29/h1-26H,27H2;1-22H,23-24H2/i6D,7D,8D,9D,19D,20D,21D,22D;1D,2D,3D,4D,5D,6D,7D,8D,9D,10D,11D,12D,13D,14D,15D,16D,17D,18D,19D,20D,21D,22D. The average molecular weight is 1050 g/mol. The maximum atomic E-state index is 9.32. The summed E-state index contributed by atoms with van der Waals surface area (Å²) in [4.78, 5) is 0. The van der Waals surface area contributed by atoms with Crippen molar-refractivity contribution < 1.29 is 45.5 Å². The van der Waals surface area contributed by atoms with Crippen molar-refractivity contribution in [1.82, 2.24) is 0 Å². The second kappa shape index (κ2) is 20.1. The predicted octanol–water partition coefficient (Wildman–Crippen LogP) is 21.5. The van der Waals surface area contributed by atoms with Crippen molar-refractivity contribution >= 4 is 97.3 Å². The zero-order valence-electron chi connectivity index (χ0n) is 71.9.